The molecule has 1 amide bonds. The van der Waals surface area contributed by atoms with Gasteiger partial charge in [-0.05, 0) is 67.0 Å². The lowest BCUT2D eigenvalue weighted by molar-refractivity contribution is -0.120. The van der Waals surface area contributed by atoms with Gasteiger partial charge < -0.3 is 4.74 Å². The van der Waals surface area contributed by atoms with Gasteiger partial charge in [-0.25, -0.2) is 17.7 Å². The van der Waals surface area contributed by atoms with Crippen LogP contribution in [0.2, 0.25) is 0 Å². The van der Waals surface area contributed by atoms with Gasteiger partial charge in [0.1, 0.15) is 10.6 Å². The number of fused-ring (bicyclic) bond motifs is 2. The van der Waals surface area contributed by atoms with Gasteiger partial charge in [0, 0.05) is 11.8 Å². The van der Waals surface area contributed by atoms with Crippen LogP contribution >= 0.6 is 0 Å². The van der Waals surface area contributed by atoms with Gasteiger partial charge in [0.05, 0.1) is 24.7 Å². The highest BCUT2D eigenvalue weighted by atomic mass is 32.2. The van der Waals surface area contributed by atoms with Crippen molar-refractivity contribution in [2.24, 2.45) is 0 Å². The average Bonchev–Trinajstić information content (AvgIpc) is 3.33. The van der Waals surface area contributed by atoms with E-state index in [0.717, 1.165) is 17.5 Å². The van der Waals surface area contributed by atoms with E-state index < -0.39 is 21.8 Å². The molecule has 8 heteroatoms. The van der Waals surface area contributed by atoms with Crippen molar-refractivity contribution in [2.45, 2.75) is 48.8 Å². The Bertz CT molecular complexity index is 1240. The highest BCUT2D eigenvalue weighted by molar-refractivity contribution is 7.90. The number of carbonyl (C=O) groups excluding carboxylic acids is 1. The Morgan fingerprint density at radius 1 is 1.20 bits per heavy atom. The Labute approximate surface area is 175 Å². The standard InChI is InChI=1S/C22H23N3O4S/c1-29-19-10-9-15(14-4-2-5-14)16-7-8-17(21(16)19)22(26)24-30(27,28)20-6-3-13-25-18(20)11-12-23-25/h3,6,9-14,17H,2,4-5,7-8H2,1H3,(H,24,26). The summed E-state index contributed by atoms with van der Waals surface area (Å²) in [6.07, 6.45) is 8.08. The van der Waals surface area contributed by atoms with Crippen LogP contribution in [0, 0.1) is 0 Å². The first-order valence-electron chi connectivity index (χ1n) is 10.2. The number of hydrogen-bond donors (Lipinski definition) is 1. The van der Waals surface area contributed by atoms with Gasteiger partial charge in [-0.2, -0.15) is 5.10 Å². The maximum absolute atomic E-state index is 13.1. The minimum atomic E-state index is -4.04. The van der Waals surface area contributed by atoms with Crippen molar-refractivity contribution < 1.29 is 17.9 Å². The smallest absolute Gasteiger partial charge is 0.266 e. The van der Waals surface area contributed by atoms with Gasteiger partial charge in [-0.15, -0.1) is 0 Å². The van der Waals surface area contributed by atoms with Crippen molar-refractivity contribution >= 4 is 21.4 Å². The summed E-state index contributed by atoms with van der Waals surface area (Å²) in [4.78, 5) is 13.2. The second-order valence-electron chi connectivity index (χ2n) is 7.97. The number of aromatic nitrogens is 2. The monoisotopic (exact) mass is 425 g/mol. The zero-order valence-corrected chi connectivity index (χ0v) is 17.5. The minimum Gasteiger partial charge on any atom is -0.496 e. The molecule has 156 valence electrons. The number of nitrogens with one attached hydrogen (secondary N) is 1. The van der Waals surface area contributed by atoms with Gasteiger partial charge in [0.25, 0.3) is 10.0 Å². The van der Waals surface area contributed by atoms with Crippen molar-refractivity contribution in [2.75, 3.05) is 7.11 Å². The van der Waals surface area contributed by atoms with Crippen molar-refractivity contribution in [1.82, 2.24) is 14.3 Å². The van der Waals surface area contributed by atoms with Crippen molar-refractivity contribution in [3.63, 3.8) is 0 Å². The highest BCUT2D eigenvalue weighted by Crippen LogP contribution is 2.47. The normalized spacial score (nSPS) is 18.8. The summed E-state index contributed by atoms with van der Waals surface area (Å²) in [6.45, 7) is 0. The number of pyridine rings is 1. The Balaban J connectivity index is 1.48. The van der Waals surface area contributed by atoms with Crippen LogP contribution in [0.3, 0.4) is 0 Å². The third-order valence-electron chi connectivity index (χ3n) is 6.39. The molecule has 2 aliphatic rings. The second-order valence-corrected chi connectivity index (χ2v) is 9.62. The third-order valence-corrected chi connectivity index (χ3v) is 7.78. The van der Waals surface area contributed by atoms with Gasteiger partial charge in [-0.3, -0.25) is 4.79 Å². The molecular formula is C22H23N3O4S. The summed E-state index contributed by atoms with van der Waals surface area (Å²) in [6, 6.07) is 8.71. The lowest BCUT2D eigenvalue weighted by Gasteiger charge is -2.28. The first kappa shape index (κ1) is 19.1. The number of benzene rings is 1. The molecule has 1 fully saturated rings. The molecule has 2 aliphatic carbocycles. The lowest BCUT2D eigenvalue weighted by Crippen LogP contribution is -2.34. The minimum absolute atomic E-state index is 0.0317. The van der Waals surface area contributed by atoms with E-state index >= 15 is 0 Å². The van der Waals surface area contributed by atoms with E-state index in [0.29, 0.717) is 23.6 Å². The SMILES string of the molecule is COc1ccc(C2CCC2)c2c1C(C(=O)NS(=O)(=O)c1cccn3nccc13)CC2. The van der Waals surface area contributed by atoms with Gasteiger partial charge >= 0.3 is 0 Å². The summed E-state index contributed by atoms with van der Waals surface area (Å²) >= 11 is 0. The molecule has 2 heterocycles. The van der Waals surface area contributed by atoms with Crippen LogP contribution in [-0.2, 0) is 21.2 Å². The number of rotatable bonds is 5. The Kier molecular flexibility index (Phi) is 4.54. The van der Waals surface area contributed by atoms with Crippen molar-refractivity contribution in [3.8, 4) is 5.75 Å². The van der Waals surface area contributed by atoms with Gasteiger partial charge in [0.2, 0.25) is 5.91 Å². The van der Waals surface area contributed by atoms with E-state index in [-0.39, 0.29) is 4.90 Å². The molecule has 0 saturated heterocycles. The summed E-state index contributed by atoms with van der Waals surface area (Å²) in [5.74, 6) is 0.129. The molecule has 30 heavy (non-hydrogen) atoms. The summed E-state index contributed by atoms with van der Waals surface area (Å²) in [7, 11) is -2.45. The predicted octanol–water partition coefficient (Wildman–Crippen LogP) is 3.15. The molecule has 3 aromatic rings. The maximum Gasteiger partial charge on any atom is 0.266 e. The summed E-state index contributed by atoms with van der Waals surface area (Å²) < 4.78 is 35.3. The maximum atomic E-state index is 13.1. The molecule has 1 saturated carbocycles. The van der Waals surface area contributed by atoms with Crippen LogP contribution in [0.4, 0.5) is 0 Å². The van der Waals surface area contributed by atoms with E-state index in [9.17, 15) is 13.2 Å². The lowest BCUT2D eigenvalue weighted by atomic mass is 9.77. The number of methoxy groups -OCH3 is 1. The Morgan fingerprint density at radius 3 is 2.77 bits per heavy atom. The number of ether oxygens (including phenoxy) is 1. The zero-order valence-electron chi connectivity index (χ0n) is 16.7. The Hall–Kier alpha value is -2.87. The van der Waals surface area contributed by atoms with E-state index in [1.807, 2.05) is 6.07 Å². The zero-order chi connectivity index (χ0) is 20.9. The largest absolute Gasteiger partial charge is 0.496 e. The topological polar surface area (TPSA) is 89.8 Å². The first-order valence-corrected chi connectivity index (χ1v) is 11.7. The van der Waals surface area contributed by atoms with Gasteiger partial charge in [-0.1, -0.05) is 12.5 Å². The van der Waals surface area contributed by atoms with Gasteiger partial charge in [0.15, 0.2) is 0 Å². The molecule has 1 unspecified atom stereocenters. The van der Waals surface area contributed by atoms with Crippen LogP contribution < -0.4 is 9.46 Å². The van der Waals surface area contributed by atoms with E-state index in [1.165, 1.54) is 41.6 Å². The number of hydrogen-bond acceptors (Lipinski definition) is 5. The van der Waals surface area contributed by atoms with Crippen molar-refractivity contribution in [3.05, 3.63) is 59.4 Å². The molecule has 0 bridgehead atoms. The quantitative estimate of drug-likeness (QED) is 0.678. The fraction of sp³-hybridized carbons (Fsp3) is 0.364. The third kappa shape index (κ3) is 2.98. The Morgan fingerprint density at radius 2 is 2.03 bits per heavy atom. The molecule has 0 aliphatic heterocycles. The number of carbonyl (C=O) groups is 1. The molecule has 7 nitrogen and oxygen atoms in total. The molecule has 0 spiro atoms. The fourth-order valence-electron chi connectivity index (χ4n) is 4.71. The summed E-state index contributed by atoms with van der Waals surface area (Å²) in [5, 5.41) is 4.06. The molecule has 1 N–H and O–H groups in total. The molecule has 1 aromatic carbocycles. The van der Waals surface area contributed by atoms with Crippen LogP contribution in [0.15, 0.2) is 47.6 Å². The predicted molar refractivity (Wildman–Crippen MR) is 111 cm³/mol. The van der Waals surface area contributed by atoms with Crippen LogP contribution in [-0.4, -0.2) is 31.0 Å². The number of nitrogens with zero attached hydrogens (tertiary/aromatic N) is 2. The number of sulfonamides is 1. The molecule has 0 radical (unpaired) electrons. The first-order chi connectivity index (χ1) is 14.5. The molecule has 5 rings (SSSR count). The fourth-order valence-corrected chi connectivity index (χ4v) is 5.92. The van der Waals surface area contributed by atoms with E-state index in [1.54, 1.807) is 25.4 Å². The number of amides is 1. The highest BCUT2D eigenvalue weighted by Gasteiger charge is 2.37. The van der Waals surface area contributed by atoms with Crippen LogP contribution in [0.25, 0.3) is 5.52 Å². The summed E-state index contributed by atoms with van der Waals surface area (Å²) in [5.41, 5.74) is 3.72. The second kappa shape index (κ2) is 7.12. The average molecular weight is 426 g/mol. The van der Waals surface area contributed by atoms with E-state index in [4.69, 9.17) is 4.74 Å². The molecule has 2 aromatic heterocycles. The van der Waals surface area contributed by atoms with Crippen LogP contribution in [0.1, 0.15) is 54.2 Å². The molecular weight excluding hydrogens is 402 g/mol. The van der Waals surface area contributed by atoms with E-state index in [2.05, 4.69) is 15.9 Å². The van der Waals surface area contributed by atoms with Crippen molar-refractivity contribution in [1.29, 1.82) is 0 Å². The van der Waals surface area contributed by atoms with Crippen LogP contribution in [0.5, 0.6) is 5.75 Å². The molecule has 1 atom stereocenters.